The molecule has 0 atom stereocenters. The Hall–Kier alpha value is -2.74. The fraction of sp³-hybridized carbons (Fsp3) is 0.133. The first-order valence-corrected chi connectivity index (χ1v) is 8.27. The molecule has 23 heavy (non-hydrogen) atoms. The number of aromatic amines is 2. The Morgan fingerprint density at radius 1 is 1.04 bits per heavy atom. The molecule has 0 radical (unpaired) electrons. The number of hydrogen-bond acceptors (Lipinski definition) is 4. The average molecular weight is 333 g/mol. The number of fused-ring (bicyclic) bond motifs is 1. The quantitative estimate of drug-likeness (QED) is 0.679. The number of H-pyrrole nitrogens is 2. The standard InChI is InChI=1S/C15H15N3O4S/c1-9-3-6-13(22-2)14(7-9)23(20,21)18-10-4-5-11-12(8-10)17-15(19)16-11/h3-8,18H,1-2H3,(H2,16,17,19). The zero-order valence-corrected chi connectivity index (χ0v) is 13.3. The number of aromatic nitrogens is 2. The molecule has 1 heterocycles. The third-order valence-corrected chi connectivity index (χ3v) is 4.78. The molecular formula is C15H15N3O4S. The molecule has 0 aliphatic carbocycles. The SMILES string of the molecule is COc1ccc(C)cc1S(=O)(=O)Nc1ccc2[nH]c(=O)[nH]c2c1. The summed E-state index contributed by atoms with van der Waals surface area (Å²) in [7, 11) is -2.40. The molecule has 3 aromatic rings. The number of anilines is 1. The third kappa shape index (κ3) is 2.93. The van der Waals surface area contributed by atoms with E-state index in [9.17, 15) is 13.2 Å². The van der Waals surface area contributed by atoms with Crippen LogP contribution in [0.5, 0.6) is 5.75 Å². The van der Waals surface area contributed by atoms with Crippen molar-refractivity contribution >= 4 is 26.7 Å². The van der Waals surface area contributed by atoms with Crippen LogP contribution in [0.3, 0.4) is 0 Å². The minimum absolute atomic E-state index is 0.0580. The molecule has 7 nitrogen and oxygen atoms in total. The van der Waals surface area contributed by atoms with Gasteiger partial charge in [0.2, 0.25) is 0 Å². The van der Waals surface area contributed by atoms with E-state index in [1.807, 2.05) is 0 Å². The van der Waals surface area contributed by atoms with E-state index in [0.29, 0.717) is 16.7 Å². The Morgan fingerprint density at radius 2 is 1.78 bits per heavy atom. The van der Waals surface area contributed by atoms with Crippen LogP contribution >= 0.6 is 0 Å². The molecule has 3 N–H and O–H groups in total. The van der Waals surface area contributed by atoms with Gasteiger partial charge in [-0.05, 0) is 42.8 Å². The molecule has 0 unspecified atom stereocenters. The topological polar surface area (TPSA) is 104 Å². The van der Waals surface area contributed by atoms with Crippen molar-refractivity contribution in [1.29, 1.82) is 0 Å². The summed E-state index contributed by atoms with van der Waals surface area (Å²) in [4.78, 5) is 16.5. The van der Waals surface area contributed by atoms with Gasteiger partial charge in [0, 0.05) is 0 Å². The zero-order valence-electron chi connectivity index (χ0n) is 12.5. The number of methoxy groups -OCH3 is 1. The predicted molar refractivity (Wildman–Crippen MR) is 87.5 cm³/mol. The van der Waals surface area contributed by atoms with Crippen LogP contribution in [0.15, 0.2) is 46.1 Å². The number of benzene rings is 2. The van der Waals surface area contributed by atoms with Crippen LogP contribution in [0.25, 0.3) is 11.0 Å². The number of hydrogen-bond donors (Lipinski definition) is 3. The molecular weight excluding hydrogens is 318 g/mol. The van der Waals surface area contributed by atoms with Crippen molar-refractivity contribution in [2.24, 2.45) is 0 Å². The van der Waals surface area contributed by atoms with Gasteiger partial charge in [-0.1, -0.05) is 6.07 Å². The van der Waals surface area contributed by atoms with Crippen LogP contribution in [0.1, 0.15) is 5.56 Å². The molecule has 120 valence electrons. The molecule has 0 bridgehead atoms. The van der Waals surface area contributed by atoms with Crippen LogP contribution < -0.4 is 15.1 Å². The summed E-state index contributed by atoms with van der Waals surface area (Å²) in [6.45, 7) is 1.80. The van der Waals surface area contributed by atoms with Crippen molar-refractivity contribution in [1.82, 2.24) is 9.97 Å². The molecule has 1 aromatic heterocycles. The van der Waals surface area contributed by atoms with Crippen LogP contribution in [0.2, 0.25) is 0 Å². The van der Waals surface area contributed by atoms with Gasteiger partial charge in [0.1, 0.15) is 10.6 Å². The second-order valence-corrected chi connectivity index (χ2v) is 6.75. The average Bonchev–Trinajstić information content (AvgIpc) is 2.86. The van der Waals surface area contributed by atoms with Crippen molar-refractivity contribution in [2.75, 3.05) is 11.8 Å². The van der Waals surface area contributed by atoms with Gasteiger partial charge in [-0.15, -0.1) is 0 Å². The number of nitrogens with one attached hydrogen (secondary N) is 3. The molecule has 0 saturated carbocycles. The van der Waals surface area contributed by atoms with Crippen molar-refractivity contribution in [3.63, 3.8) is 0 Å². The Morgan fingerprint density at radius 3 is 2.52 bits per heavy atom. The molecule has 0 aliphatic rings. The van der Waals surface area contributed by atoms with Gasteiger partial charge in [0.05, 0.1) is 23.8 Å². The predicted octanol–water partition coefficient (Wildman–Crippen LogP) is 1.97. The normalized spacial score (nSPS) is 11.6. The van der Waals surface area contributed by atoms with Crippen LogP contribution in [-0.2, 0) is 10.0 Å². The highest BCUT2D eigenvalue weighted by molar-refractivity contribution is 7.92. The lowest BCUT2D eigenvalue weighted by Gasteiger charge is -2.12. The molecule has 2 aromatic carbocycles. The lowest BCUT2D eigenvalue weighted by Crippen LogP contribution is -2.14. The first kappa shape index (κ1) is 15.2. The fourth-order valence-electron chi connectivity index (χ4n) is 2.30. The van der Waals surface area contributed by atoms with Gasteiger partial charge in [0.15, 0.2) is 0 Å². The van der Waals surface area contributed by atoms with Gasteiger partial charge < -0.3 is 14.7 Å². The summed E-state index contributed by atoms with van der Waals surface area (Å²) >= 11 is 0. The van der Waals surface area contributed by atoms with Crippen molar-refractivity contribution in [2.45, 2.75) is 11.8 Å². The van der Waals surface area contributed by atoms with E-state index < -0.39 is 10.0 Å². The highest BCUT2D eigenvalue weighted by Crippen LogP contribution is 2.27. The lowest BCUT2D eigenvalue weighted by atomic mass is 10.2. The number of rotatable bonds is 4. The van der Waals surface area contributed by atoms with Crippen molar-refractivity contribution in [3.05, 3.63) is 52.4 Å². The van der Waals surface area contributed by atoms with E-state index >= 15 is 0 Å². The number of aryl methyl sites for hydroxylation is 1. The van der Waals surface area contributed by atoms with Crippen LogP contribution in [-0.4, -0.2) is 25.5 Å². The van der Waals surface area contributed by atoms with Crippen LogP contribution in [0.4, 0.5) is 5.69 Å². The Labute approximate surface area is 132 Å². The number of sulfonamides is 1. The maximum Gasteiger partial charge on any atom is 0.323 e. The molecule has 0 amide bonds. The summed E-state index contributed by atoms with van der Waals surface area (Å²) in [5, 5.41) is 0. The van der Waals surface area contributed by atoms with Gasteiger partial charge in [-0.25, -0.2) is 13.2 Å². The van der Waals surface area contributed by atoms with Gasteiger partial charge in [0.25, 0.3) is 10.0 Å². The zero-order chi connectivity index (χ0) is 16.6. The molecule has 0 saturated heterocycles. The lowest BCUT2D eigenvalue weighted by molar-refractivity contribution is 0.402. The van der Waals surface area contributed by atoms with Gasteiger partial charge in [-0.2, -0.15) is 0 Å². The van der Waals surface area contributed by atoms with E-state index in [2.05, 4.69) is 14.7 Å². The summed E-state index contributed by atoms with van der Waals surface area (Å²) in [6, 6.07) is 9.67. The van der Waals surface area contributed by atoms with Gasteiger partial charge in [-0.3, -0.25) is 4.72 Å². The van der Waals surface area contributed by atoms with E-state index in [1.165, 1.54) is 13.2 Å². The van der Waals surface area contributed by atoms with Crippen molar-refractivity contribution in [3.8, 4) is 5.75 Å². The summed E-state index contributed by atoms with van der Waals surface area (Å²) < 4.78 is 32.8. The molecule has 0 fully saturated rings. The van der Waals surface area contributed by atoms with E-state index in [0.717, 1.165) is 5.56 Å². The van der Waals surface area contributed by atoms with Crippen LogP contribution in [0, 0.1) is 6.92 Å². The maximum atomic E-state index is 12.6. The molecule has 8 heteroatoms. The first-order chi connectivity index (χ1) is 10.9. The monoisotopic (exact) mass is 333 g/mol. The van der Waals surface area contributed by atoms with E-state index in [4.69, 9.17) is 4.74 Å². The Bertz CT molecular complexity index is 1030. The number of ether oxygens (including phenoxy) is 1. The smallest absolute Gasteiger partial charge is 0.323 e. The second-order valence-electron chi connectivity index (χ2n) is 5.10. The minimum Gasteiger partial charge on any atom is -0.495 e. The fourth-order valence-corrected chi connectivity index (χ4v) is 3.60. The highest BCUT2D eigenvalue weighted by Gasteiger charge is 2.20. The Balaban J connectivity index is 2.02. The highest BCUT2D eigenvalue weighted by atomic mass is 32.2. The minimum atomic E-state index is -3.82. The molecule has 3 rings (SSSR count). The summed E-state index contributed by atoms with van der Waals surface area (Å²) in [6.07, 6.45) is 0. The molecule has 0 aliphatic heterocycles. The van der Waals surface area contributed by atoms with Crippen molar-refractivity contribution < 1.29 is 13.2 Å². The Kier molecular flexibility index (Phi) is 3.61. The summed E-state index contributed by atoms with van der Waals surface area (Å²) in [5.74, 6) is 0.263. The molecule has 0 spiro atoms. The maximum absolute atomic E-state index is 12.6. The largest absolute Gasteiger partial charge is 0.495 e. The number of imidazole rings is 1. The summed E-state index contributed by atoms with van der Waals surface area (Å²) in [5.41, 5.74) is 1.92. The third-order valence-electron chi connectivity index (χ3n) is 3.38. The van der Waals surface area contributed by atoms with E-state index in [1.54, 1.807) is 37.3 Å². The van der Waals surface area contributed by atoms with Gasteiger partial charge >= 0.3 is 5.69 Å². The second kappa shape index (κ2) is 5.47. The first-order valence-electron chi connectivity index (χ1n) is 6.78. The van der Waals surface area contributed by atoms with E-state index in [-0.39, 0.29) is 16.3 Å².